The number of hydrogen-bond donors (Lipinski definition) is 2. The van der Waals surface area contributed by atoms with Gasteiger partial charge in [0.15, 0.2) is 0 Å². The first-order valence-corrected chi connectivity index (χ1v) is 5.19. The summed E-state index contributed by atoms with van der Waals surface area (Å²) in [4.78, 5) is 8.13. The summed E-state index contributed by atoms with van der Waals surface area (Å²) in [5.74, 6) is 0.968. The minimum Gasteiger partial charge on any atom is -0.384 e. The molecule has 2 heterocycles. The standard InChI is InChI=1S/C10H16N4O2/c1-15-10(3-5-16-7-10)6-13-9-12-4-2-8(11)14-9/h2,4H,3,5-7H2,1H3,(H3,11,12,13,14). The maximum atomic E-state index is 5.56. The Morgan fingerprint density at radius 1 is 1.69 bits per heavy atom. The number of rotatable bonds is 4. The molecule has 0 radical (unpaired) electrons. The van der Waals surface area contributed by atoms with E-state index in [1.54, 1.807) is 19.4 Å². The van der Waals surface area contributed by atoms with Gasteiger partial charge in [-0.1, -0.05) is 0 Å². The summed E-state index contributed by atoms with van der Waals surface area (Å²) in [6.07, 6.45) is 2.49. The molecule has 0 bridgehead atoms. The maximum absolute atomic E-state index is 5.56. The van der Waals surface area contributed by atoms with Crippen molar-refractivity contribution in [2.45, 2.75) is 12.0 Å². The van der Waals surface area contributed by atoms with Crippen LogP contribution in [-0.4, -0.2) is 42.4 Å². The zero-order chi connectivity index (χ0) is 11.4. The smallest absolute Gasteiger partial charge is 0.224 e. The number of anilines is 2. The van der Waals surface area contributed by atoms with E-state index in [9.17, 15) is 0 Å². The molecule has 0 saturated carbocycles. The lowest BCUT2D eigenvalue weighted by Crippen LogP contribution is -2.39. The van der Waals surface area contributed by atoms with Crippen LogP contribution in [-0.2, 0) is 9.47 Å². The highest BCUT2D eigenvalue weighted by Crippen LogP contribution is 2.22. The Hall–Kier alpha value is -1.40. The molecule has 88 valence electrons. The van der Waals surface area contributed by atoms with Crippen LogP contribution in [0.5, 0.6) is 0 Å². The van der Waals surface area contributed by atoms with E-state index in [-0.39, 0.29) is 5.60 Å². The Morgan fingerprint density at radius 3 is 3.19 bits per heavy atom. The highest BCUT2D eigenvalue weighted by atomic mass is 16.5. The summed E-state index contributed by atoms with van der Waals surface area (Å²) in [5, 5.41) is 3.11. The van der Waals surface area contributed by atoms with Crippen molar-refractivity contribution in [3.05, 3.63) is 12.3 Å². The van der Waals surface area contributed by atoms with Crippen LogP contribution in [0.2, 0.25) is 0 Å². The molecule has 1 unspecified atom stereocenters. The molecule has 0 aliphatic carbocycles. The average Bonchev–Trinajstić information content (AvgIpc) is 2.76. The van der Waals surface area contributed by atoms with Crippen molar-refractivity contribution in [1.29, 1.82) is 0 Å². The Kier molecular flexibility index (Phi) is 3.21. The van der Waals surface area contributed by atoms with E-state index in [4.69, 9.17) is 15.2 Å². The zero-order valence-corrected chi connectivity index (χ0v) is 9.27. The molecule has 1 aromatic rings. The molecule has 1 aliphatic heterocycles. The second-order valence-electron chi connectivity index (χ2n) is 3.85. The molecule has 1 saturated heterocycles. The van der Waals surface area contributed by atoms with Crippen LogP contribution in [0.1, 0.15) is 6.42 Å². The van der Waals surface area contributed by atoms with Gasteiger partial charge >= 0.3 is 0 Å². The minimum absolute atomic E-state index is 0.270. The number of nitrogens with zero attached hydrogens (tertiary/aromatic N) is 2. The molecule has 0 amide bonds. The summed E-state index contributed by atoms with van der Waals surface area (Å²) in [7, 11) is 1.69. The van der Waals surface area contributed by atoms with Gasteiger partial charge in [0.25, 0.3) is 0 Å². The molecule has 16 heavy (non-hydrogen) atoms. The molecule has 2 rings (SSSR count). The van der Waals surface area contributed by atoms with Gasteiger partial charge in [0, 0.05) is 32.9 Å². The van der Waals surface area contributed by atoms with Crippen molar-refractivity contribution in [3.8, 4) is 0 Å². The molecule has 6 heteroatoms. The van der Waals surface area contributed by atoms with Crippen molar-refractivity contribution in [1.82, 2.24) is 9.97 Å². The SMILES string of the molecule is COC1(CNc2nccc(N)n2)CCOC1. The number of methoxy groups -OCH3 is 1. The second-order valence-corrected chi connectivity index (χ2v) is 3.85. The maximum Gasteiger partial charge on any atom is 0.224 e. The molecular formula is C10H16N4O2. The lowest BCUT2D eigenvalue weighted by Gasteiger charge is -2.25. The number of ether oxygens (including phenoxy) is 2. The summed E-state index contributed by atoms with van der Waals surface area (Å²) < 4.78 is 10.8. The highest BCUT2D eigenvalue weighted by molar-refractivity contribution is 5.35. The minimum atomic E-state index is -0.270. The number of nitrogen functional groups attached to an aromatic ring is 1. The Balaban J connectivity index is 1.95. The first-order chi connectivity index (χ1) is 7.74. The van der Waals surface area contributed by atoms with Gasteiger partial charge in [0.1, 0.15) is 11.4 Å². The molecular weight excluding hydrogens is 208 g/mol. The van der Waals surface area contributed by atoms with Gasteiger partial charge in [-0.2, -0.15) is 4.98 Å². The molecule has 0 spiro atoms. The van der Waals surface area contributed by atoms with Gasteiger partial charge in [0.05, 0.1) is 6.61 Å². The van der Waals surface area contributed by atoms with Crippen LogP contribution >= 0.6 is 0 Å². The van der Waals surface area contributed by atoms with Crippen LogP contribution in [0, 0.1) is 0 Å². The fourth-order valence-electron chi connectivity index (χ4n) is 1.66. The van der Waals surface area contributed by atoms with E-state index < -0.39 is 0 Å². The third-order valence-corrected chi connectivity index (χ3v) is 2.75. The summed E-state index contributed by atoms with van der Waals surface area (Å²) in [5.41, 5.74) is 5.29. The number of nitrogens with one attached hydrogen (secondary N) is 1. The van der Waals surface area contributed by atoms with Crippen LogP contribution in [0.25, 0.3) is 0 Å². The molecule has 1 aromatic heterocycles. The number of hydrogen-bond acceptors (Lipinski definition) is 6. The predicted octanol–water partition coefficient (Wildman–Crippen LogP) is 0.276. The van der Waals surface area contributed by atoms with Gasteiger partial charge in [0.2, 0.25) is 5.95 Å². The van der Waals surface area contributed by atoms with E-state index in [1.807, 2.05) is 0 Å². The number of nitrogens with two attached hydrogens (primary N) is 1. The third kappa shape index (κ3) is 2.40. The van der Waals surface area contributed by atoms with Gasteiger partial charge in [-0.3, -0.25) is 0 Å². The molecule has 1 atom stereocenters. The van der Waals surface area contributed by atoms with E-state index in [1.165, 1.54) is 0 Å². The van der Waals surface area contributed by atoms with Crippen molar-refractivity contribution < 1.29 is 9.47 Å². The van der Waals surface area contributed by atoms with E-state index in [2.05, 4.69) is 15.3 Å². The largest absolute Gasteiger partial charge is 0.384 e. The van der Waals surface area contributed by atoms with Gasteiger partial charge in [-0.05, 0) is 6.07 Å². The van der Waals surface area contributed by atoms with E-state index >= 15 is 0 Å². The quantitative estimate of drug-likeness (QED) is 0.764. The van der Waals surface area contributed by atoms with E-state index in [0.717, 1.165) is 13.0 Å². The van der Waals surface area contributed by atoms with Crippen LogP contribution in [0.3, 0.4) is 0 Å². The Labute approximate surface area is 94.2 Å². The third-order valence-electron chi connectivity index (χ3n) is 2.75. The van der Waals surface area contributed by atoms with Crippen molar-refractivity contribution in [2.24, 2.45) is 0 Å². The topological polar surface area (TPSA) is 82.3 Å². The Morgan fingerprint density at radius 2 is 2.56 bits per heavy atom. The normalized spacial score (nSPS) is 24.6. The van der Waals surface area contributed by atoms with Crippen molar-refractivity contribution in [3.63, 3.8) is 0 Å². The summed E-state index contributed by atoms with van der Waals surface area (Å²) in [6.45, 7) is 1.94. The monoisotopic (exact) mass is 224 g/mol. The fourth-order valence-corrected chi connectivity index (χ4v) is 1.66. The molecule has 6 nitrogen and oxygen atoms in total. The molecule has 1 fully saturated rings. The van der Waals surface area contributed by atoms with Crippen LogP contribution in [0.4, 0.5) is 11.8 Å². The van der Waals surface area contributed by atoms with Crippen LogP contribution in [0.15, 0.2) is 12.3 Å². The molecule has 1 aliphatic rings. The Bertz CT molecular complexity index is 352. The first kappa shape index (κ1) is 11.1. The highest BCUT2D eigenvalue weighted by Gasteiger charge is 2.34. The molecule has 3 N–H and O–H groups in total. The first-order valence-electron chi connectivity index (χ1n) is 5.19. The van der Waals surface area contributed by atoms with Crippen LogP contribution < -0.4 is 11.1 Å². The van der Waals surface area contributed by atoms with Crippen molar-refractivity contribution in [2.75, 3.05) is 37.9 Å². The number of aromatic nitrogens is 2. The average molecular weight is 224 g/mol. The second kappa shape index (κ2) is 4.63. The summed E-state index contributed by atoms with van der Waals surface area (Å²) >= 11 is 0. The lowest BCUT2D eigenvalue weighted by molar-refractivity contribution is -0.00631. The lowest BCUT2D eigenvalue weighted by atomic mass is 10.0. The van der Waals surface area contributed by atoms with E-state index in [0.29, 0.717) is 24.9 Å². The van der Waals surface area contributed by atoms with Gasteiger partial charge in [-0.25, -0.2) is 4.98 Å². The predicted molar refractivity (Wildman–Crippen MR) is 60.1 cm³/mol. The summed E-state index contributed by atoms with van der Waals surface area (Å²) in [6, 6.07) is 1.65. The van der Waals surface area contributed by atoms with Crippen molar-refractivity contribution >= 4 is 11.8 Å². The fraction of sp³-hybridized carbons (Fsp3) is 0.600. The van der Waals surface area contributed by atoms with Gasteiger partial charge < -0.3 is 20.5 Å². The molecule has 0 aromatic carbocycles. The zero-order valence-electron chi connectivity index (χ0n) is 9.27. The van der Waals surface area contributed by atoms with Gasteiger partial charge in [-0.15, -0.1) is 0 Å².